The molecule has 0 N–H and O–H groups in total. The molecule has 0 aliphatic carbocycles. The molecule has 17 heavy (non-hydrogen) atoms. The van der Waals surface area contributed by atoms with E-state index in [0.29, 0.717) is 0 Å². The normalized spacial score (nSPS) is 26.2. The largest absolute Gasteiger partial charge is 0.306 e. The number of hydrogen-bond acceptors (Lipinski definition) is 2. The Bertz CT molecular complexity index is 246. The van der Waals surface area contributed by atoms with Gasteiger partial charge in [-0.3, -0.25) is 0 Å². The minimum atomic E-state index is 0.811. The molecule has 2 saturated heterocycles. The Morgan fingerprint density at radius 2 is 1.41 bits per heavy atom. The molecule has 0 bridgehead atoms. The van der Waals surface area contributed by atoms with Crippen molar-refractivity contribution in [3.8, 4) is 0 Å². The predicted octanol–water partition coefficient (Wildman–Crippen LogP) is 2.62. The van der Waals surface area contributed by atoms with Crippen LogP contribution in [0.3, 0.4) is 0 Å². The Labute approximate surface area is 107 Å². The van der Waals surface area contributed by atoms with Gasteiger partial charge in [-0.05, 0) is 84.2 Å². The molecule has 0 aromatic heterocycles. The van der Waals surface area contributed by atoms with E-state index in [1.807, 2.05) is 0 Å². The summed E-state index contributed by atoms with van der Waals surface area (Å²) in [6.45, 7) is 9.47. The second-order valence-electron chi connectivity index (χ2n) is 6.19. The van der Waals surface area contributed by atoms with Gasteiger partial charge in [0.1, 0.15) is 0 Å². The van der Waals surface area contributed by atoms with Gasteiger partial charge in [-0.1, -0.05) is 12.2 Å². The molecule has 0 unspecified atom stereocenters. The van der Waals surface area contributed by atoms with Crippen LogP contribution in [-0.2, 0) is 0 Å². The maximum Gasteiger partial charge on any atom is -0.00161 e. The Kier molecular flexibility index (Phi) is 4.63. The average Bonchev–Trinajstić information content (AvgIpc) is 2.33. The van der Waals surface area contributed by atoms with Gasteiger partial charge in [-0.2, -0.15) is 0 Å². The van der Waals surface area contributed by atoms with Gasteiger partial charge in [0.05, 0.1) is 0 Å². The fourth-order valence-electron chi connectivity index (χ4n) is 3.22. The fraction of sp³-hybridized carbons (Fsp3) is 0.867. The summed E-state index contributed by atoms with van der Waals surface area (Å²) in [4.78, 5) is 4.90. The van der Waals surface area contributed by atoms with Gasteiger partial charge < -0.3 is 9.80 Å². The van der Waals surface area contributed by atoms with Crippen molar-refractivity contribution in [1.82, 2.24) is 9.80 Å². The molecule has 2 nitrogen and oxygen atoms in total. The van der Waals surface area contributed by atoms with E-state index in [1.54, 1.807) is 5.57 Å². The molecule has 0 aromatic rings. The molecule has 0 amide bonds. The highest BCUT2D eigenvalue weighted by atomic mass is 15.1. The second-order valence-corrected chi connectivity index (χ2v) is 6.19. The van der Waals surface area contributed by atoms with Gasteiger partial charge >= 0.3 is 0 Å². The highest BCUT2D eigenvalue weighted by molar-refractivity contribution is 5.04. The van der Waals surface area contributed by atoms with Crippen LogP contribution in [0.2, 0.25) is 0 Å². The second kappa shape index (κ2) is 6.01. The molecule has 98 valence electrons. The van der Waals surface area contributed by atoms with Crippen LogP contribution in [0.5, 0.6) is 0 Å². The van der Waals surface area contributed by atoms with Crippen LogP contribution in [0, 0.1) is 11.8 Å². The number of hydrogen-bond donors (Lipinski definition) is 0. The molecule has 0 aromatic carbocycles. The lowest BCUT2D eigenvalue weighted by molar-refractivity contribution is 0.205. The van der Waals surface area contributed by atoms with E-state index in [1.165, 1.54) is 58.3 Å². The summed E-state index contributed by atoms with van der Waals surface area (Å²) in [5.74, 6) is 1.73. The first-order valence-corrected chi connectivity index (χ1v) is 7.20. The minimum absolute atomic E-state index is 0.811. The quantitative estimate of drug-likeness (QED) is 0.695. The summed E-state index contributed by atoms with van der Waals surface area (Å²) >= 11 is 0. The number of likely N-dealkylation sites (tertiary alicyclic amines) is 2. The van der Waals surface area contributed by atoms with E-state index < -0.39 is 0 Å². The zero-order valence-electron chi connectivity index (χ0n) is 11.6. The summed E-state index contributed by atoms with van der Waals surface area (Å²) in [5, 5.41) is 0. The zero-order valence-corrected chi connectivity index (χ0v) is 11.6. The summed E-state index contributed by atoms with van der Waals surface area (Å²) in [5.41, 5.74) is 1.55. The maximum atomic E-state index is 4.38. The van der Waals surface area contributed by atoms with E-state index in [2.05, 4.69) is 30.5 Å². The number of allylic oxidation sites excluding steroid dienone is 1. The van der Waals surface area contributed by atoms with Crippen molar-refractivity contribution in [2.45, 2.75) is 32.1 Å². The van der Waals surface area contributed by atoms with Crippen molar-refractivity contribution in [2.75, 3.05) is 40.3 Å². The van der Waals surface area contributed by atoms with Crippen LogP contribution in [0.15, 0.2) is 12.2 Å². The highest BCUT2D eigenvalue weighted by Gasteiger charge is 2.23. The van der Waals surface area contributed by atoms with Crippen LogP contribution in [0.1, 0.15) is 32.1 Å². The van der Waals surface area contributed by atoms with Gasteiger partial charge in [-0.25, -0.2) is 0 Å². The standard InChI is InChI=1S/C15H28N2/c1-13(15-6-10-17(3)11-7-15)12-14-4-8-16(2)9-5-14/h14-15H,1,4-12H2,2-3H3. The number of piperidine rings is 2. The van der Waals surface area contributed by atoms with Gasteiger partial charge in [0.15, 0.2) is 0 Å². The Morgan fingerprint density at radius 1 is 0.941 bits per heavy atom. The minimum Gasteiger partial charge on any atom is -0.306 e. The van der Waals surface area contributed by atoms with E-state index in [9.17, 15) is 0 Å². The van der Waals surface area contributed by atoms with E-state index in [0.717, 1.165) is 11.8 Å². The molecule has 2 heteroatoms. The third-order valence-electron chi connectivity index (χ3n) is 4.68. The molecule has 2 fully saturated rings. The molecule has 0 saturated carbocycles. The third-order valence-corrected chi connectivity index (χ3v) is 4.68. The fourth-order valence-corrected chi connectivity index (χ4v) is 3.22. The summed E-state index contributed by atoms with van der Waals surface area (Å²) in [7, 11) is 4.47. The Balaban J connectivity index is 1.73. The van der Waals surface area contributed by atoms with Crippen molar-refractivity contribution in [1.29, 1.82) is 0 Å². The summed E-state index contributed by atoms with van der Waals surface area (Å²) < 4.78 is 0. The van der Waals surface area contributed by atoms with E-state index >= 15 is 0 Å². The van der Waals surface area contributed by atoms with Crippen molar-refractivity contribution in [3.05, 3.63) is 12.2 Å². The van der Waals surface area contributed by atoms with Crippen LogP contribution < -0.4 is 0 Å². The van der Waals surface area contributed by atoms with Crippen molar-refractivity contribution in [3.63, 3.8) is 0 Å². The monoisotopic (exact) mass is 236 g/mol. The molecule has 2 aliphatic heterocycles. The van der Waals surface area contributed by atoms with E-state index in [4.69, 9.17) is 0 Å². The molecule has 2 aliphatic rings. The first kappa shape index (κ1) is 13.1. The number of nitrogens with zero attached hydrogens (tertiary/aromatic N) is 2. The lowest BCUT2D eigenvalue weighted by atomic mass is 9.82. The van der Waals surface area contributed by atoms with Gasteiger partial charge in [0.2, 0.25) is 0 Å². The molecule has 0 spiro atoms. The van der Waals surface area contributed by atoms with Crippen molar-refractivity contribution < 1.29 is 0 Å². The first-order chi connectivity index (χ1) is 8.15. The molecular formula is C15H28N2. The summed E-state index contributed by atoms with van der Waals surface area (Å²) in [6, 6.07) is 0. The Hall–Kier alpha value is -0.340. The lowest BCUT2D eigenvalue weighted by Crippen LogP contribution is -2.33. The van der Waals surface area contributed by atoms with Gasteiger partial charge in [0, 0.05) is 0 Å². The lowest BCUT2D eigenvalue weighted by Gasteiger charge is -2.33. The predicted molar refractivity (Wildman–Crippen MR) is 74.2 cm³/mol. The molecule has 2 heterocycles. The van der Waals surface area contributed by atoms with Crippen LogP contribution in [-0.4, -0.2) is 50.1 Å². The van der Waals surface area contributed by atoms with Gasteiger partial charge in [0.25, 0.3) is 0 Å². The van der Waals surface area contributed by atoms with Gasteiger partial charge in [-0.15, -0.1) is 0 Å². The SMILES string of the molecule is C=C(CC1CCN(C)CC1)C1CCN(C)CC1. The molecular weight excluding hydrogens is 208 g/mol. The van der Waals surface area contributed by atoms with Crippen LogP contribution >= 0.6 is 0 Å². The molecule has 2 rings (SSSR count). The highest BCUT2D eigenvalue weighted by Crippen LogP contribution is 2.30. The molecule has 0 radical (unpaired) electrons. The van der Waals surface area contributed by atoms with Crippen LogP contribution in [0.4, 0.5) is 0 Å². The zero-order chi connectivity index (χ0) is 12.3. The Morgan fingerprint density at radius 3 is 1.94 bits per heavy atom. The first-order valence-electron chi connectivity index (χ1n) is 7.20. The number of rotatable bonds is 3. The average molecular weight is 236 g/mol. The third kappa shape index (κ3) is 3.82. The van der Waals surface area contributed by atoms with Crippen LogP contribution in [0.25, 0.3) is 0 Å². The smallest absolute Gasteiger partial charge is 0.00161 e. The summed E-state index contributed by atoms with van der Waals surface area (Å²) in [6.07, 6.45) is 6.72. The van der Waals surface area contributed by atoms with E-state index in [-0.39, 0.29) is 0 Å². The molecule has 0 atom stereocenters. The van der Waals surface area contributed by atoms with Crippen molar-refractivity contribution >= 4 is 0 Å². The topological polar surface area (TPSA) is 6.48 Å². The maximum absolute atomic E-state index is 4.38. The van der Waals surface area contributed by atoms with Crippen molar-refractivity contribution in [2.24, 2.45) is 11.8 Å².